The normalized spacial score (nSPS) is 21.6. The summed E-state index contributed by atoms with van der Waals surface area (Å²) in [6.07, 6.45) is 1.54. The molecule has 1 atom stereocenters. The molecule has 1 aromatic heterocycles. The molecule has 0 aromatic carbocycles. The van der Waals surface area contributed by atoms with Crippen LogP contribution in [0.5, 0.6) is 0 Å². The highest BCUT2D eigenvalue weighted by Crippen LogP contribution is 2.36. The molecule has 0 bridgehead atoms. The molecule has 1 aliphatic carbocycles. The van der Waals surface area contributed by atoms with E-state index in [2.05, 4.69) is 19.7 Å². The van der Waals surface area contributed by atoms with Crippen molar-refractivity contribution in [2.45, 2.75) is 45.4 Å². The average molecular weight is 293 g/mol. The maximum absolute atomic E-state index is 11.7. The topological polar surface area (TPSA) is 74.5 Å². The van der Waals surface area contributed by atoms with Gasteiger partial charge in [0.2, 0.25) is 0 Å². The Kier molecular flexibility index (Phi) is 3.95. The highest BCUT2D eigenvalue weighted by Gasteiger charge is 2.30. The van der Waals surface area contributed by atoms with E-state index in [4.69, 9.17) is 0 Å². The van der Waals surface area contributed by atoms with Gasteiger partial charge in [0.1, 0.15) is 17.8 Å². The molecule has 0 radical (unpaired) electrons. The van der Waals surface area contributed by atoms with Crippen LogP contribution >= 0.6 is 0 Å². The van der Waals surface area contributed by atoms with Crippen LogP contribution in [-0.2, 0) is 11.3 Å². The Balaban J connectivity index is 1.57. The lowest BCUT2D eigenvalue weighted by atomic mass is 10.2. The number of aliphatic hydroxyl groups is 1. The van der Waals surface area contributed by atoms with Crippen LogP contribution < -0.4 is 0 Å². The average Bonchev–Trinajstić information content (AvgIpc) is 3.24. The fourth-order valence-corrected chi connectivity index (χ4v) is 2.92. The number of carbonyl (C=O) groups excluding carboxylic acids is 1. The van der Waals surface area contributed by atoms with E-state index in [1.54, 1.807) is 4.90 Å². The van der Waals surface area contributed by atoms with Gasteiger partial charge in [0.15, 0.2) is 0 Å². The minimum absolute atomic E-state index is 0.174. The van der Waals surface area contributed by atoms with Gasteiger partial charge in [-0.15, -0.1) is 10.2 Å². The van der Waals surface area contributed by atoms with Crippen LogP contribution in [0.25, 0.3) is 0 Å². The van der Waals surface area contributed by atoms with Gasteiger partial charge >= 0.3 is 0 Å². The van der Waals surface area contributed by atoms with Crippen molar-refractivity contribution < 1.29 is 9.90 Å². The molecule has 1 N–H and O–H groups in total. The number of aromatic nitrogens is 3. The molecule has 2 fully saturated rings. The summed E-state index contributed by atoms with van der Waals surface area (Å²) in [5.74, 6) is 1.85. The van der Waals surface area contributed by atoms with Crippen LogP contribution in [0.15, 0.2) is 0 Å². The number of amides is 1. The first-order valence-corrected chi connectivity index (χ1v) is 7.66. The van der Waals surface area contributed by atoms with Crippen molar-refractivity contribution in [3.05, 3.63) is 11.6 Å². The lowest BCUT2D eigenvalue weighted by Crippen LogP contribution is -2.50. The summed E-state index contributed by atoms with van der Waals surface area (Å²) >= 11 is 0. The number of hydrogen-bond acceptors (Lipinski definition) is 5. The summed E-state index contributed by atoms with van der Waals surface area (Å²) in [7, 11) is 0. The van der Waals surface area contributed by atoms with Crippen LogP contribution in [0.1, 0.15) is 37.5 Å². The highest BCUT2D eigenvalue weighted by molar-refractivity contribution is 5.80. The van der Waals surface area contributed by atoms with Crippen LogP contribution in [-0.4, -0.2) is 67.9 Å². The van der Waals surface area contributed by atoms with E-state index < -0.39 is 6.10 Å². The molecule has 1 unspecified atom stereocenters. The third kappa shape index (κ3) is 3.08. The molecule has 1 aromatic rings. The number of carbonyl (C=O) groups is 1. The van der Waals surface area contributed by atoms with Gasteiger partial charge in [-0.25, -0.2) is 0 Å². The zero-order valence-corrected chi connectivity index (χ0v) is 12.7. The predicted octanol–water partition coefficient (Wildman–Crippen LogP) is -0.0536. The summed E-state index contributed by atoms with van der Waals surface area (Å²) in [6, 6.07) is 0.591. The standard InChI is InChI=1S/C14H23N5O2/c1-10(20)14(21)18-7-5-17(6-8-18)9-13-16-15-11(2)19(13)12-3-4-12/h10,12,20H,3-9H2,1-2H3. The van der Waals surface area contributed by atoms with E-state index in [1.165, 1.54) is 19.8 Å². The minimum atomic E-state index is -0.905. The number of rotatable bonds is 4. The highest BCUT2D eigenvalue weighted by atomic mass is 16.3. The second kappa shape index (κ2) is 5.73. The first kappa shape index (κ1) is 14.5. The fourth-order valence-electron chi connectivity index (χ4n) is 2.92. The Morgan fingerprint density at radius 1 is 1.29 bits per heavy atom. The molecule has 1 amide bonds. The SMILES string of the molecule is Cc1nnc(CN2CCN(C(=O)C(C)O)CC2)n1C1CC1. The van der Waals surface area contributed by atoms with Gasteiger partial charge < -0.3 is 14.6 Å². The lowest BCUT2D eigenvalue weighted by molar-refractivity contribution is -0.141. The van der Waals surface area contributed by atoms with Crippen molar-refractivity contribution in [2.24, 2.45) is 0 Å². The van der Waals surface area contributed by atoms with Crippen LogP contribution in [0.3, 0.4) is 0 Å². The van der Waals surface area contributed by atoms with Gasteiger partial charge in [-0.1, -0.05) is 0 Å². The van der Waals surface area contributed by atoms with Gasteiger partial charge in [0, 0.05) is 32.2 Å². The van der Waals surface area contributed by atoms with Gasteiger partial charge in [-0.2, -0.15) is 0 Å². The largest absolute Gasteiger partial charge is 0.384 e. The van der Waals surface area contributed by atoms with Crippen molar-refractivity contribution in [3.63, 3.8) is 0 Å². The maximum Gasteiger partial charge on any atom is 0.251 e. The number of aryl methyl sites for hydroxylation is 1. The number of piperazine rings is 1. The fraction of sp³-hybridized carbons (Fsp3) is 0.786. The molecule has 1 saturated carbocycles. The second-order valence-corrected chi connectivity index (χ2v) is 6.04. The molecule has 1 saturated heterocycles. The molecular formula is C14H23N5O2. The van der Waals surface area contributed by atoms with Crippen molar-refractivity contribution in [1.29, 1.82) is 0 Å². The Morgan fingerprint density at radius 3 is 2.52 bits per heavy atom. The first-order chi connectivity index (χ1) is 10.1. The zero-order valence-electron chi connectivity index (χ0n) is 12.7. The molecule has 1 aliphatic heterocycles. The summed E-state index contributed by atoms with van der Waals surface area (Å²) in [4.78, 5) is 15.8. The molecule has 2 heterocycles. The summed E-state index contributed by atoms with van der Waals surface area (Å²) < 4.78 is 2.26. The van der Waals surface area contributed by atoms with Crippen LogP contribution in [0.4, 0.5) is 0 Å². The smallest absolute Gasteiger partial charge is 0.251 e. The number of nitrogens with zero attached hydrogens (tertiary/aromatic N) is 5. The van der Waals surface area contributed by atoms with Gasteiger partial charge in [0.25, 0.3) is 5.91 Å². The molecule has 116 valence electrons. The van der Waals surface area contributed by atoms with Crippen molar-refractivity contribution in [2.75, 3.05) is 26.2 Å². The summed E-state index contributed by atoms with van der Waals surface area (Å²) in [6.45, 7) is 7.28. The van der Waals surface area contributed by atoms with Gasteiger partial charge in [-0.05, 0) is 26.7 Å². The van der Waals surface area contributed by atoms with E-state index in [0.717, 1.165) is 31.3 Å². The van der Waals surface area contributed by atoms with E-state index in [0.29, 0.717) is 19.1 Å². The second-order valence-electron chi connectivity index (χ2n) is 6.04. The molecular weight excluding hydrogens is 270 g/mol. The molecule has 7 heteroatoms. The zero-order chi connectivity index (χ0) is 15.0. The quantitative estimate of drug-likeness (QED) is 0.842. The van der Waals surface area contributed by atoms with Crippen molar-refractivity contribution >= 4 is 5.91 Å². The maximum atomic E-state index is 11.7. The Hall–Kier alpha value is -1.47. The van der Waals surface area contributed by atoms with E-state index in [-0.39, 0.29) is 5.91 Å². The van der Waals surface area contributed by atoms with Gasteiger partial charge in [0.05, 0.1) is 6.54 Å². The third-order valence-electron chi connectivity index (χ3n) is 4.26. The Bertz CT molecular complexity index is 515. The number of hydrogen-bond donors (Lipinski definition) is 1. The first-order valence-electron chi connectivity index (χ1n) is 7.66. The molecule has 2 aliphatic rings. The Morgan fingerprint density at radius 2 is 1.95 bits per heavy atom. The van der Waals surface area contributed by atoms with E-state index in [9.17, 15) is 9.90 Å². The molecule has 21 heavy (non-hydrogen) atoms. The summed E-state index contributed by atoms with van der Waals surface area (Å²) in [5, 5.41) is 17.9. The monoisotopic (exact) mass is 293 g/mol. The van der Waals surface area contributed by atoms with E-state index >= 15 is 0 Å². The summed E-state index contributed by atoms with van der Waals surface area (Å²) in [5.41, 5.74) is 0. The number of aliphatic hydroxyl groups excluding tert-OH is 1. The molecule has 7 nitrogen and oxygen atoms in total. The minimum Gasteiger partial charge on any atom is -0.384 e. The molecule has 0 spiro atoms. The predicted molar refractivity (Wildman–Crippen MR) is 76.6 cm³/mol. The third-order valence-corrected chi connectivity index (χ3v) is 4.26. The lowest BCUT2D eigenvalue weighted by Gasteiger charge is -2.35. The molecule has 3 rings (SSSR count). The van der Waals surface area contributed by atoms with E-state index in [1.807, 2.05) is 6.92 Å². The van der Waals surface area contributed by atoms with Crippen molar-refractivity contribution in [1.82, 2.24) is 24.6 Å². The van der Waals surface area contributed by atoms with Crippen LogP contribution in [0, 0.1) is 6.92 Å². The Labute approximate surface area is 124 Å². The van der Waals surface area contributed by atoms with Crippen LogP contribution in [0.2, 0.25) is 0 Å². The van der Waals surface area contributed by atoms with Gasteiger partial charge in [-0.3, -0.25) is 9.69 Å². The van der Waals surface area contributed by atoms with Crippen molar-refractivity contribution in [3.8, 4) is 0 Å².